The van der Waals surface area contributed by atoms with Crippen LogP contribution in [-0.2, 0) is 19.6 Å². The van der Waals surface area contributed by atoms with E-state index in [9.17, 15) is 13.2 Å². The Morgan fingerprint density at radius 3 is 2.88 bits per heavy atom. The van der Waals surface area contributed by atoms with Gasteiger partial charge in [-0.15, -0.1) is 0 Å². The fourth-order valence-electron chi connectivity index (χ4n) is 1.69. The largest absolute Gasteiger partial charge is 0.381 e. The molecular weight excluding hydrogens is 246 g/mol. The molecule has 0 aliphatic carbocycles. The number of sulfonamides is 1. The number of primary amides is 1. The molecule has 1 aliphatic rings. The minimum atomic E-state index is -3.48. The number of nitrogens with one attached hydrogen (secondary N) is 1. The third kappa shape index (κ3) is 3.91. The normalized spacial score (nSPS) is 22.5. The van der Waals surface area contributed by atoms with Crippen molar-refractivity contribution in [2.24, 2.45) is 5.73 Å². The first-order chi connectivity index (χ1) is 7.99. The summed E-state index contributed by atoms with van der Waals surface area (Å²) < 4.78 is 30.2. The zero-order chi connectivity index (χ0) is 12.9. The summed E-state index contributed by atoms with van der Waals surface area (Å²) in [6.45, 7) is 3.46. The number of carbonyl (C=O) groups is 1. The second-order valence-corrected chi connectivity index (χ2v) is 5.79. The van der Waals surface area contributed by atoms with Crippen LogP contribution in [0, 0.1) is 0 Å². The second kappa shape index (κ2) is 6.29. The molecule has 8 heteroatoms. The van der Waals surface area contributed by atoms with Gasteiger partial charge in [-0.05, 0) is 6.92 Å². The lowest BCUT2D eigenvalue weighted by Crippen LogP contribution is -2.59. The van der Waals surface area contributed by atoms with Gasteiger partial charge in [-0.2, -0.15) is 4.31 Å². The molecule has 17 heavy (non-hydrogen) atoms. The summed E-state index contributed by atoms with van der Waals surface area (Å²) in [7, 11) is -3.48. The highest BCUT2D eigenvalue weighted by molar-refractivity contribution is 7.89. The lowest BCUT2D eigenvalue weighted by Gasteiger charge is -2.33. The zero-order valence-electron chi connectivity index (χ0n) is 9.89. The summed E-state index contributed by atoms with van der Waals surface area (Å²) in [6, 6.07) is -0.796. The number of piperazine rings is 1. The molecule has 1 atom stereocenters. The van der Waals surface area contributed by atoms with Gasteiger partial charge in [0.05, 0.1) is 12.4 Å². The van der Waals surface area contributed by atoms with Gasteiger partial charge < -0.3 is 15.8 Å². The summed E-state index contributed by atoms with van der Waals surface area (Å²) in [5, 5.41) is 2.95. The highest BCUT2D eigenvalue weighted by atomic mass is 32.2. The van der Waals surface area contributed by atoms with E-state index in [4.69, 9.17) is 10.5 Å². The number of hydrogen-bond donors (Lipinski definition) is 2. The fraction of sp³-hybridized carbons (Fsp3) is 0.889. The van der Waals surface area contributed by atoms with Crippen molar-refractivity contribution in [2.45, 2.75) is 13.0 Å². The molecule has 0 radical (unpaired) electrons. The van der Waals surface area contributed by atoms with Crippen molar-refractivity contribution >= 4 is 15.9 Å². The van der Waals surface area contributed by atoms with E-state index in [-0.39, 0.29) is 25.4 Å². The molecule has 0 aromatic heterocycles. The Bertz CT molecular complexity index is 357. The van der Waals surface area contributed by atoms with E-state index in [0.717, 1.165) is 0 Å². The van der Waals surface area contributed by atoms with E-state index in [1.54, 1.807) is 6.92 Å². The predicted molar refractivity (Wildman–Crippen MR) is 62.8 cm³/mol. The molecule has 0 saturated carbocycles. The molecule has 1 heterocycles. The maximum Gasteiger partial charge on any atom is 0.237 e. The highest BCUT2D eigenvalue weighted by Crippen LogP contribution is 2.10. The first-order valence-electron chi connectivity index (χ1n) is 5.56. The van der Waals surface area contributed by atoms with Gasteiger partial charge in [0.25, 0.3) is 0 Å². The second-order valence-electron chi connectivity index (χ2n) is 3.75. The number of rotatable bonds is 6. The van der Waals surface area contributed by atoms with E-state index < -0.39 is 22.0 Å². The molecule has 1 fully saturated rings. The van der Waals surface area contributed by atoms with Gasteiger partial charge in [-0.25, -0.2) is 8.42 Å². The molecule has 0 aromatic carbocycles. The van der Waals surface area contributed by atoms with Crippen molar-refractivity contribution in [1.82, 2.24) is 9.62 Å². The molecule has 1 amide bonds. The first kappa shape index (κ1) is 14.4. The van der Waals surface area contributed by atoms with Crippen molar-refractivity contribution < 1.29 is 17.9 Å². The first-order valence-corrected chi connectivity index (χ1v) is 7.17. The number of hydrogen-bond acceptors (Lipinski definition) is 5. The van der Waals surface area contributed by atoms with Crippen molar-refractivity contribution in [3.63, 3.8) is 0 Å². The van der Waals surface area contributed by atoms with Crippen LogP contribution < -0.4 is 11.1 Å². The molecule has 7 nitrogen and oxygen atoms in total. The Morgan fingerprint density at radius 2 is 2.29 bits per heavy atom. The van der Waals surface area contributed by atoms with Crippen LogP contribution in [-0.4, -0.2) is 63.3 Å². The van der Waals surface area contributed by atoms with Gasteiger partial charge in [0.1, 0.15) is 6.04 Å². The molecule has 3 N–H and O–H groups in total. The molecule has 1 saturated heterocycles. The molecule has 1 aliphatic heterocycles. The van der Waals surface area contributed by atoms with Crippen LogP contribution in [0.15, 0.2) is 0 Å². The number of nitrogens with two attached hydrogens (primary N) is 1. The van der Waals surface area contributed by atoms with E-state index in [2.05, 4.69) is 5.32 Å². The summed E-state index contributed by atoms with van der Waals surface area (Å²) >= 11 is 0. The quantitative estimate of drug-likeness (QED) is 0.547. The molecule has 0 bridgehead atoms. The van der Waals surface area contributed by atoms with Gasteiger partial charge in [0, 0.05) is 26.2 Å². The third-order valence-corrected chi connectivity index (χ3v) is 4.40. The van der Waals surface area contributed by atoms with Crippen LogP contribution in [0.4, 0.5) is 0 Å². The SMILES string of the molecule is CCOCCS(=O)(=O)N1CCNCC1C(N)=O. The third-order valence-electron chi connectivity index (χ3n) is 2.57. The highest BCUT2D eigenvalue weighted by Gasteiger charge is 2.35. The summed E-state index contributed by atoms with van der Waals surface area (Å²) in [6.07, 6.45) is 0. The maximum atomic E-state index is 12.0. The Hall–Kier alpha value is -0.700. The fourth-order valence-corrected chi connectivity index (χ4v) is 3.19. The van der Waals surface area contributed by atoms with Crippen LogP contribution >= 0.6 is 0 Å². The Morgan fingerprint density at radius 1 is 1.59 bits per heavy atom. The maximum absolute atomic E-state index is 12.0. The van der Waals surface area contributed by atoms with Crippen LogP contribution in [0.3, 0.4) is 0 Å². The lowest BCUT2D eigenvalue weighted by molar-refractivity contribution is -0.122. The predicted octanol–water partition coefficient (Wildman–Crippen LogP) is -1.89. The molecular formula is C9H19N3O4S. The van der Waals surface area contributed by atoms with Crippen LogP contribution in [0.1, 0.15) is 6.92 Å². The van der Waals surface area contributed by atoms with E-state index in [1.807, 2.05) is 0 Å². The minimum absolute atomic E-state index is 0.120. The van der Waals surface area contributed by atoms with Crippen LogP contribution in [0.2, 0.25) is 0 Å². The van der Waals surface area contributed by atoms with Crippen molar-refractivity contribution in [2.75, 3.05) is 38.6 Å². The Labute approximate surface area is 101 Å². The van der Waals surface area contributed by atoms with Crippen LogP contribution in [0.25, 0.3) is 0 Å². The monoisotopic (exact) mass is 265 g/mol. The van der Waals surface area contributed by atoms with E-state index in [0.29, 0.717) is 13.2 Å². The standard InChI is InChI=1S/C9H19N3O4S/c1-2-16-5-6-17(14,15)12-4-3-11-7-8(12)9(10)13/h8,11H,2-7H2,1H3,(H2,10,13). The molecule has 0 aromatic rings. The van der Waals surface area contributed by atoms with Gasteiger partial charge in [0.15, 0.2) is 0 Å². The average Bonchev–Trinajstić information content (AvgIpc) is 2.29. The topological polar surface area (TPSA) is 102 Å². The van der Waals surface area contributed by atoms with Gasteiger partial charge in [-0.3, -0.25) is 4.79 Å². The van der Waals surface area contributed by atoms with E-state index >= 15 is 0 Å². The Kier molecular flexibility index (Phi) is 5.31. The molecule has 0 spiro atoms. The average molecular weight is 265 g/mol. The smallest absolute Gasteiger partial charge is 0.237 e. The lowest BCUT2D eigenvalue weighted by atomic mass is 10.2. The number of nitrogens with zero attached hydrogens (tertiary/aromatic N) is 1. The number of carbonyl (C=O) groups excluding carboxylic acids is 1. The van der Waals surface area contributed by atoms with Gasteiger partial charge >= 0.3 is 0 Å². The van der Waals surface area contributed by atoms with Crippen molar-refractivity contribution in [3.8, 4) is 0 Å². The molecule has 1 rings (SSSR count). The summed E-state index contributed by atoms with van der Waals surface area (Å²) in [5.41, 5.74) is 5.19. The van der Waals surface area contributed by atoms with Gasteiger partial charge in [-0.1, -0.05) is 0 Å². The summed E-state index contributed by atoms with van der Waals surface area (Å²) in [5.74, 6) is -0.748. The van der Waals surface area contributed by atoms with Gasteiger partial charge in [0.2, 0.25) is 15.9 Å². The number of amides is 1. The van der Waals surface area contributed by atoms with Crippen molar-refractivity contribution in [1.29, 1.82) is 0 Å². The van der Waals surface area contributed by atoms with Crippen molar-refractivity contribution in [3.05, 3.63) is 0 Å². The number of ether oxygens (including phenoxy) is 1. The Balaban J connectivity index is 2.69. The van der Waals surface area contributed by atoms with Crippen LogP contribution in [0.5, 0.6) is 0 Å². The summed E-state index contributed by atoms with van der Waals surface area (Å²) in [4.78, 5) is 11.2. The molecule has 1 unspecified atom stereocenters. The minimum Gasteiger partial charge on any atom is -0.381 e. The van der Waals surface area contributed by atoms with E-state index in [1.165, 1.54) is 4.31 Å². The zero-order valence-corrected chi connectivity index (χ0v) is 10.7. The molecule has 100 valence electrons.